The highest BCUT2D eigenvalue weighted by Gasteiger charge is 2.13. The van der Waals surface area contributed by atoms with Gasteiger partial charge in [0, 0.05) is 10.9 Å². The minimum absolute atomic E-state index is 0.253. The van der Waals surface area contributed by atoms with E-state index in [-0.39, 0.29) is 16.5 Å². The minimum atomic E-state index is -0.630. The van der Waals surface area contributed by atoms with Gasteiger partial charge in [-0.1, -0.05) is 29.3 Å². The number of fused-ring (bicyclic) bond motifs is 2. The van der Waals surface area contributed by atoms with Crippen LogP contribution in [0, 0.1) is 0 Å². The van der Waals surface area contributed by atoms with Gasteiger partial charge < -0.3 is 9.72 Å². The second kappa shape index (κ2) is 6.57. The Bertz CT molecular complexity index is 1260. The van der Waals surface area contributed by atoms with E-state index in [1.165, 1.54) is 13.2 Å². The molecule has 0 spiro atoms. The van der Waals surface area contributed by atoms with Crippen LogP contribution in [0.3, 0.4) is 0 Å². The Hall–Kier alpha value is -3.10. The summed E-state index contributed by atoms with van der Waals surface area (Å²) in [6.45, 7) is 0. The Morgan fingerprint density at radius 2 is 1.89 bits per heavy atom. The lowest BCUT2D eigenvalue weighted by Gasteiger charge is -2.06. The molecule has 0 fully saturated rings. The molecule has 0 atom stereocenters. The molecule has 2 heterocycles. The predicted octanol–water partition coefficient (Wildman–Crippen LogP) is 3.95. The molecule has 10 heteroatoms. The maximum Gasteiger partial charge on any atom is 0.413 e. The lowest BCUT2D eigenvalue weighted by Crippen LogP contribution is -2.11. The number of anilines is 1. The highest BCUT2D eigenvalue weighted by Crippen LogP contribution is 2.32. The summed E-state index contributed by atoms with van der Waals surface area (Å²) in [6.07, 6.45) is -0.630. The number of imidazole rings is 1. The zero-order valence-corrected chi connectivity index (χ0v) is 15.3. The maximum absolute atomic E-state index is 12.1. The number of hydrogen-bond donors (Lipinski definition) is 3. The van der Waals surface area contributed by atoms with Crippen molar-refractivity contribution in [2.75, 3.05) is 12.4 Å². The standard InChI is InChI=1S/C17H11Cl2N5O3/c1-27-17(26)22-16-20-12-3-2-7(4-13(12)21-16)14-8-5-10(18)11(19)6-9(8)15(25)24-23-14/h2-6H,1H3,(H,24,25)(H2,20,21,22,26). The molecule has 0 saturated carbocycles. The molecule has 1 amide bonds. The van der Waals surface area contributed by atoms with Gasteiger partial charge in [0.1, 0.15) is 0 Å². The van der Waals surface area contributed by atoms with Crippen molar-refractivity contribution in [2.24, 2.45) is 0 Å². The number of benzene rings is 2. The largest absolute Gasteiger partial charge is 0.453 e. The Kier molecular flexibility index (Phi) is 4.21. The van der Waals surface area contributed by atoms with E-state index >= 15 is 0 Å². The van der Waals surface area contributed by atoms with Gasteiger partial charge in [0.05, 0.1) is 39.3 Å². The minimum Gasteiger partial charge on any atom is -0.453 e. The monoisotopic (exact) mass is 403 g/mol. The molecule has 0 aliphatic heterocycles. The lowest BCUT2D eigenvalue weighted by molar-refractivity contribution is 0.186. The maximum atomic E-state index is 12.1. The van der Waals surface area contributed by atoms with Crippen LogP contribution in [0.25, 0.3) is 33.1 Å². The quantitative estimate of drug-likeness (QED) is 0.468. The van der Waals surface area contributed by atoms with Gasteiger partial charge in [0.25, 0.3) is 5.56 Å². The average molecular weight is 404 g/mol. The number of aromatic amines is 2. The summed E-state index contributed by atoms with van der Waals surface area (Å²) < 4.78 is 4.55. The van der Waals surface area contributed by atoms with Crippen molar-refractivity contribution in [3.05, 3.63) is 50.7 Å². The van der Waals surface area contributed by atoms with E-state index in [2.05, 4.69) is 30.2 Å². The molecule has 0 unspecified atom stereocenters. The molecule has 2 aromatic heterocycles. The summed E-state index contributed by atoms with van der Waals surface area (Å²) >= 11 is 12.1. The number of halogens is 2. The predicted molar refractivity (Wildman–Crippen MR) is 103 cm³/mol. The summed E-state index contributed by atoms with van der Waals surface area (Å²) in [6, 6.07) is 8.48. The van der Waals surface area contributed by atoms with Gasteiger partial charge in [-0.25, -0.2) is 14.9 Å². The lowest BCUT2D eigenvalue weighted by atomic mass is 10.0. The normalized spacial score (nSPS) is 11.1. The van der Waals surface area contributed by atoms with Gasteiger partial charge in [-0.3, -0.25) is 10.1 Å². The van der Waals surface area contributed by atoms with Crippen molar-refractivity contribution in [1.82, 2.24) is 20.2 Å². The molecule has 0 bridgehead atoms. The van der Waals surface area contributed by atoms with Crippen molar-refractivity contribution < 1.29 is 9.53 Å². The first-order chi connectivity index (χ1) is 13.0. The Balaban J connectivity index is 1.87. The zero-order valence-electron chi connectivity index (χ0n) is 13.8. The van der Waals surface area contributed by atoms with E-state index in [1.807, 2.05) is 0 Å². The molecule has 0 radical (unpaired) electrons. The number of nitrogens with zero attached hydrogens (tertiary/aromatic N) is 2. The van der Waals surface area contributed by atoms with Crippen LogP contribution in [0.1, 0.15) is 0 Å². The second-order valence-electron chi connectivity index (χ2n) is 5.65. The van der Waals surface area contributed by atoms with E-state index in [0.29, 0.717) is 32.5 Å². The van der Waals surface area contributed by atoms with Crippen LogP contribution >= 0.6 is 23.2 Å². The van der Waals surface area contributed by atoms with Gasteiger partial charge in [-0.05, 0) is 24.3 Å². The van der Waals surface area contributed by atoms with Gasteiger partial charge in [0.2, 0.25) is 5.95 Å². The summed E-state index contributed by atoms with van der Waals surface area (Å²) in [7, 11) is 1.26. The fraction of sp³-hybridized carbons (Fsp3) is 0.0588. The number of ether oxygens (including phenoxy) is 1. The van der Waals surface area contributed by atoms with Crippen LogP contribution in [0.2, 0.25) is 10.0 Å². The van der Waals surface area contributed by atoms with Crippen LogP contribution in [0.5, 0.6) is 0 Å². The summed E-state index contributed by atoms with van der Waals surface area (Å²) in [5.74, 6) is 0.253. The molecular weight excluding hydrogens is 393 g/mol. The number of H-pyrrole nitrogens is 2. The summed E-state index contributed by atoms with van der Waals surface area (Å²) in [4.78, 5) is 30.6. The first-order valence-corrected chi connectivity index (χ1v) is 8.44. The van der Waals surface area contributed by atoms with Gasteiger partial charge in [-0.2, -0.15) is 5.10 Å². The Morgan fingerprint density at radius 1 is 1.15 bits per heavy atom. The molecule has 3 N–H and O–H groups in total. The third kappa shape index (κ3) is 3.09. The van der Waals surface area contributed by atoms with Gasteiger partial charge in [0.15, 0.2) is 0 Å². The molecule has 4 rings (SSSR count). The number of methoxy groups -OCH3 is 1. The summed E-state index contributed by atoms with van der Waals surface area (Å²) in [5, 5.41) is 10.7. The molecule has 0 aliphatic carbocycles. The molecule has 0 saturated heterocycles. The third-order valence-electron chi connectivity index (χ3n) is 3.99. The molecule has 4 aromatic rings. The number of carbonyl (C=O) groups excluding carboxylic acids is 1. The van der Waals surface area contributed by atoms with Crippen molar-refractivity contribution >= 4 is 57.0 Å². The van der Waals surface area contributed by atoms with Crippen LogP contribution < -0.4 is 10.9 Å². The molecule has 27 heavy (non-hydrogen) atoms. The van der Waals surface area contributed by atoms with E-state index in [4.69, 9.17) is 23.2 Å². The van der Waals surface area contributed by atoms with Gasteiger partial charge >= 0.3 is 6.09 Å². The number of hydrogen-bond acceptors (Lipinski definition) is 5. The van der Waals surface area contributed by atoms with Crippen molar-refractivity contribution in [1.29, 1.82) is 0 Å². The van der Waals surface area contributed by atoms with E-state index in [0.717, 1.165) is 5.56 Å². The van der Waals surface area contributed by atoms with Crippen LogP contribution in [-0.4, -0.2) is 33.4 Å². The van der Waals surface area contributed by atoms with Crippen molar-refractivity contribution in [3.8, 4) is 11.3 Å². The molecule has 136 valence electrons. The topological polar surface area (TPSA) is 113 Å². The summed E-state index contributed by atoms with van der Waals surface area (Å²) in [5.41, 5.74) is 2.19. The SMILES string of the molecule is COC(=O)Nc1nc2ccc(-c3n[nH]c(=O)c4cc(Cl)c(Cl)cc34)cc2[nH]1. The third-order valence-corrected chi connectivity index (χ3v) is 4.71. The number of rotatable bonds is 2. The fourth-order valence-corrected chi connectivity index (χ4v) is 3.07. The fourth-order valence-electron chi connectivity index (χ4n) is 2.74. The highest BCUT2D eigenvalue weighted by atomic mass is 35.5. The number of amides is 1. The molecule has 0 aliphatic rings. The van der Waals surface area contributed by atoms with Crippen LogP contribution in [0.15, 0.2) is 35.1 Å². The Morgan fingerprint density at radius 3 is 2.63 bits per heavy atom. The first-order valence-electron chi connectivity index (χ1n) is 7.69. The van der Waals surface area contributed by atoms with Crippen molar-refractivity contribution in [3.63, 3.8) is 0 Å². The molecule has 2 aromatic carbocycles. The number of aromatic nitrogens is 4. The van der Waals surface area contributed by atoms with Gasteiger partial charge in [-0.15, -0.1) is 0 Å². The number of nitrogens with one attached hydrogen (secondary N) is 3. The van der Waals surface area contributed by atoms with Crippen molar-refractivity contribution in [2.45, 2.75) is 0 Å². The average Bonchev–Trinajstić information content (AvgIpc) is 3.05. The van der Waals surface area contributed by atoms with E-state index < -0.39 is 6.09 Å². The molecular formula is C17H11Cl2N5O3. The van der Waals surface area contributed by atoms with Crippen LogP contribution in [0.4, 0.5) is 10.7 Å². The second-order valence-corrected chi connectivity index (χ2v) is 6.46. The van der Waals surface area contributed by atoms with Crippen LogP contribution in [-0.2, 0) is 4.74 Å². The first kappa shape index (κ1) is 17.3. The van der Waals surface area contributed by atoms with E-state index in [1.54, 1.807) is 24.3 Å². The zero-order chi connectivity index (χ0) is 19.1. The Labute approximate surface area is 161 Å². The highest BCUT2D eigenvalue weighted by molar-refractivity contribution is 6.43. The smallest absolute Gasteiger partial charge is 0.413 e. The van der Waals surface area contributed by atoms with E-state index in [9.17, 15) is 9.59 Å². The molecule has 8 nitrogen and oxygen atoms in total. The number of carbonyl (C=O) groups is 1.